The minimum Gasteiger partial charge on any atom is -0.370 e. The Hall–Kier alpha value is -1.91. The second-order valence-electron chi connectivity index (χ2n) is 7.53. The first-order chi connectivity index (χ1) is 15.0. The first kappa shape index (κ1) is 29.1. The minimum atomic E-state index is -0.941. The Bertz CT molecular complexity index is 486. The van der Waals surface area contributed by atoms with Crippen LogP contribution in [0.4, 0.5) is 0 Å². The van der Waals surface area contributed by atoms with E-state index in [0.29, 0.717) is 32.7 Å². The zero-order valence-corrected chi connectivity index (χ0v) is 19.3. The number of unbranched alkanes of at least 4 members (excludes halogenated alkanes) is 5. The predicted molar refractivity (Wildman–Crippen MR) is 125 cm³/mol. The van der Waals surface area contributed by atoms with Gasteiger partial charge in [0.2, 0.25) is 12.1 Å². The van der Waals surface area contributed by atoms with Gasteiger partial charge in [0.05, 0.1) is 0 Å². The number of rotatable bonds is 21. The van der Waals surface area contributed by atoms with Crippen molar-refractivity contribution in [3.8, 4) is 0 Å². The van der Waals surface area contributed by atoms with Crippen LogP contribution in [0.2, 0.25) is 0 Å². The Morgan fingerprint density at radius 2 is 1.65 bits per heavy atom. The van der Waals surface area contributed by atoms with E-state index in [9.17, 15) is 9.59 Å². The molecule has 0 radical (unpaired) electrons. The van der Waals surface area contributed by atoms with Gasteiger partial charge in [-0.05, 0) is 58.2 Å². The van der Waals surface area contributed by atoms with Crippen molar-refractivity contribution in [1.82, 2.24) is 16.0 Å². The number of amides is 2. The number of carbonyl (C=O) groups excluding carboxylic acids is 2. The number of nitrogens with zero attached hydrogens (tertiary/aromatic N) is 1. The van der Waals surface area contributed by atoms with Crippen molar-refractivity contribution in [3.63, 3.8) is 0 Å². The highest BCUT2D eigenvalue weighted by Crippen LogP contribution is 2.04. The topological polar surface area (TPSA) is 170 Å². The van der Waals surface area contributed by atoms with Crippen LogP contribution in [0.3, 0.4) is 0 Å². The summed E-state index contributed by atoms with van der Waals surface area (Å²) >= 11 is 0. The molecule has 1 atom stereocenters. The summed E-state index contributed by atoms with van der Waals surface area (Å²) in [6, 6.07) is 0. The van der Waals surface area contributed by atoms with Gasteiger partial charge in [-0.25, -0.2) is 0 Å². The van der Waals surface area contributed by atoms with Gasteiger partial charge in [-0.1, -0.05) is 26.2 Å². The molecule has 0 aliphatic heterocycles. The lowest BCUT2D eigenvalue weighted by Gasteiger charge is -2.19. The van der Waals surface area contributed by atoms with Gasteiger partial charge in [0.15, 0.2) is 5.96 Å². The molecule has 0 saturated carbocycles. The SMILES string of the molecule is CCCCOC(NC(=O)CCCCCCN=C(N)N)C(=O)NCCCCNCCCN. The highest BCUT2D eigenvalue weighted by Gasteiger charge is 2.20. The lowest BCUT2D eigenvalue weighted by molar-refractivity contribution is -0.141. The van der Waals surface area contributed by atoms with E-state index < -0.39 is 6.23 Å². The normalized spacial score (nSPS) is 11.7. The fourth-order valence-electron chi connectivity index (χ4n) is 2.74. The van der Waals surface area contributed by atoms with Crippen LogP contribution >= 0.6 is 0 Å². The molecular formula is C21H45N7O3. The van der Waals surface area contributed by atoms with Gasteiger partial charge in [-0.3, -0.25) is 14.6 Å². The quantitative estimate of drug-likeness (QED) is 0.0641. The fraction of sp³-hybridized carbons (Fsp3) is 0.857. The number of nitrogens with two attached hydrogens (primary N) is 3. The molecule has 2 amide bonds. The third-order valence-electron chi connectivity index (χ3n) is 4.56. The van der Waals surface area contributed by atoms with Crippen molar-refractivity contribution < 1.29 is 14.3 Å². The summed E-state index contributed by atoms with van der Waals surface area (Å²) in [6.45, 7) is 6.14. The molecule has 0 rings (SSSR count). The van der Waals surface area contributed by atoms with Gasteiger partial charge in [0, 0.05) is 26.1 Å². The van der Waals surface area contributed by atoms with Crippen molar-refractivity contribution in [2.75, 3.05) is 39.3 Å². The van der Waals surface area contributed by atoms with Gasteiger partial charge >= 0.3 is 0 Å². The second-order valence-corrected chi connectivity index (χ2v) is 7.53. The molecule has 0 fully saturated rings. The van der Waals surface area contributed by atoms with Crippen molar-refractivity contribution in [3.05, 3.63) is 0 Å². The molecule has 0 spiro atoms. The maximum atomic E-state index is 12.4. The molecule has 0 aromatic carbocycles. The molecule has 0 aliphatic carbocycles. The Morgan fingerprint density at radius 3 is 2.35 bits per heavy atom. The maximum Gasteiger partial charge on any atom is 0.270 e. The molecule has 1 unspecified atom stereocenters. The molecule has 0 bridgehead atoms. The predicted octanol–water partition coefficient (Wildman–Crippen LogP) is 0.304. The number of aliphatic imine (C=N–C) groups is 1. The first-order valence-electron chi connectivity index (χ1n) is 11.7. The van der Waals surface area contributed by atoms with Crippen molar-refractivity contribution in [2.24, 2.45) is 22.2 Å². The van der Waals surface area contributed by atoms with Crippen LogP contribution in [0.5, 0.6) is 0 Å². The Labute approximate surface area is 187 Å². The van der Waals surface area contributed by atoms with E-state index in [4.69, 9.17) is 21.9 Å². The van der Waals surface area contributed by atoms with E-state index in [1.54, 1.807) is 0 Å². The largest absolute Gasteiger partial charge is 0.370 e. The average Bonchev–Trinajstić information content (AvgIpc) is 2.74. The van der Waals surface area contributed by atoms with Crippen LogP contribution in [0.25, 0.3) is 0 Å². The van der Waals surface area contributed by atoms with Gasteiger partial charge in [-0.15, -0.1) is 0 Å². The fourth-order valence-corrected chi connectivity index (χ4v) is 2.74. The second kappa shape index (κ2) is 21.3. The molecule has 10 nitrogen and oxygen atoms in total. The van der Waals surface area contributed by atoms with Gasteiger partial charge in [0.25, 0.3) is 5.91 Å². The minimum absolute atomic E-state index is 0.103. The lowest BCUT2D eigenvalue weighted by Crippen LogP contribution is -2.48. The van der Waals surface area contributed by atoms with E-state index in [-0.39, 0.29) is 17.8 Å². The smallest absolute Gasteiger partial charge is 0.270 e. The van der Waals surface area contributed by atoms with Crippen LogP contribution in [-0.4, -0.2) is 63.3 Å². The van der Waals surface area contributed by atoms with E-state index in [0.717, 1.165) is 70.9 Å². The van der Waals surface area contributed by atoms with Crippen LogP contribution in [0, 0.1) is 0 Å². The third-order valence-corrected chi connectivity index (χ3v) is 4.56. The molecule has 0 aromatic heterocycles. The zero-order valence-electron chi connectivity index (χ0n) is 19.3. The molecule has 182 valence electrons. The van der Waals surface area contributed by atoms with Gasteiger partial charge in [0.1, 0.15) is 0 Å². The molecule has 0 aliphatic rings. The number of ether oxygens (including phenoxy) is 1. The Morgan fingerprint density at radius 1 is 0.935 bits per heavy atom. The molecule has 0 heterocycles. The summed E-state index contributed by atoms with van der Waals surface area (Å²) in [5.41, 5.74) is 16.0. The van der Waals surface area contributed by atoms with E-state index >= 15 is 0 Å². The summed E-state index contributed by atoms with van der Waals surface area (Å²) in [4.78, 5) is 28.6. The zero-order chi connectivity index (χ0) is 23.2. The molecule has 10 heteroatoms. The van der Waals surface area contributed by atoms with Crippen molar-refractivity contribution >= 4 is 17.8 Å². The molecule has 9 N–H and O–H groups in total. The van der Waals surface area contributed by atoms with Crippen LogP contribution < -0.4 is 33.2 Å². The first-order valence-corrected chi connectivity index (χ1v) is 11.7. The van der Waals surface area contributed by atoms with E-state index in [1.807, 2.05) is 6.92 Å². The molecule has 0 aromatic rings. The highest BCUT2D eigenvalue weighted by molar-refractivity contribution is 5.86. The maximum absolute atomic E-state index is 12.4. The number of carbonyl (C=O) groups is 2. The third kappa shape index (κ3) is 19.8. The molecule has 31 heavy (non-hydrogen) atoms. The van der Waals surface area contributed by atoms with E-state index in [1.165, 1.54) is 0 Å². The van der Waals surface area contributed by atoms with Crippen LogP contribution in [0.1, 0.15) is 71.1 Å². The summed E-state index contributed by atoms with van der Waals surface area (Å²) in [5, 5.41) is 8.88. The average molecular weight is 444 g/mol. The van der Waals surface area contributed by atoms with Crippen LogP contribution in [-0.2, 0) is 14.3 Å². The number of nitrogens with one attached hydrogen (secondary N) is 3. The monoisotopic (exact) mass is 443 g/mol. The Balaban J connectivity index is 4.10. The molecule has 0 saturated heterocycles. The summed E-state index contributed by atoms with van der Waals surface area (Å²) in [5.74, 6) is -0.367. The van der Waals surface area contributed by atoms with Gasteiger partial charge < -0.3 is 37.9 Å². The van der Waals surface area contributed by atoms with Crippen molar-refractivity contribution in [2.45, 2.75) is 77.4 Å². The highest BCUT2D eigenvalue weighted by atomic mass is 16.5. The summed E-state index contributed by atoms with van der Waals surface area (Å²) in [7, 11) is 0. The van der Waals surface area contributed by atoms with Gasteiger partial charge in [-0.2, -0.15) is 0 Å². The molecular weight excluding hydrogens is 398 g/mol. The van der Waals surface area contributed by atoms with E-state index in [2.05, 4.69) is 20.9 Å². The number of hydrogen-bond acceptors (Lipinski definition) is 6. The lowest BCUT2D eigenvalue weighted by atomic mass is 10.1. The summed E-state index contributed by atoms with van der Waals surface area (Å²) in [6.07, 6.45) is 7.47. The summed E-state index contributed by atoms with van der Waals surface area (Å²) < 4.78 is 5.61. The number of hydrogen-bond donors (Lipinski definition) is 6. The van der Waals surface area contributed by atoms with Crippen LogP contribution in [0.15, 0.2) is 4.99 Å². The standard InChI is InChI=1S/C21H45N7O3/c1-2-3-17-31-20(19(30)26-15-9-8-13-25-14-10-12-22)28-18(29)11-6-4-5-7-16-27-21(23)24/h20,25H,2-17,22H2,1H3,(H,26,30)(H,28,29)(H4,23,24,27). The van der Waals surface area contributed by atoms with Crippen molar-refractivity contribution in [1.29, 1.82) is 0 Å². The Kier molecular flexibility index (Phi) is 20.0. The number of guanidine groups is 1.